The van der Waals surface area contributed by atoms with Gasteiger partial charge in [0.1, 0.15) is 17.6 Å². The number of nitrogens with zero attached hydrogens (tertiary/aromatic N) is 2. The minimum Gasteiger partial charge on any atom is -0.497 e. The van der Waals surface area contributed by atoms with Crippen molar-refractivity contribution in [3.05, 3.63) is 48.4 Å². The van der Waals surface area contributed by atoms with Crippen LogP contribution in [0.4, 0.5) is 5.69 Å². The van der Waals surface area contributed by atoms with Gasteiger partial charge in [-0.25, -0.2) is 13.8 Å². The molecule has 0 aliphatic carbocycles. The number of hydrazone groups is 1. The normalized spacial score (nSPS) is 12.8. The van der Waals surface area contributed by atoms with Gasteiger partial charge < -0.3 is 9.15 Å². The third kappa shape index (κ3) is 4.83. The molecule has 1 aromatic carbocycles. The van der Waals surface area contributed by atoms with Gasteiger partial charge in [-0.3, -0.25) is 9.10 Å². The van der Waals surface area contributed by atoms with E-state index < -0.39 is 22.0 Å². The zero-order chi connectivity index (χ0) is 18.4. The minimum atomic E-state index is -3.69. The van der Waals surface area contributed by atoms with Gasteiger partial charge in [0.2, 0.25) is 10.0 Å². The van der Waals surface area contributed by atoms with E-state index in [1.165, 1.54) is 26.5 Å². The van der Waals surface area contributed by atoms with Crippen LogP contribution in [-0.2, 0) is 14.8 Å². The molecule has 0 saturated carbocycles. The van der Waals surface area contributed by atoms with Gasteiger partial charge in [0.05, 0.1) is 31.5 Å². The highest BCUT2D eigenvalue weighted by Crippen LogP contribution is 2.23. The first-order valence-corrected chi connectivity index (χ1v) is 9.17. The Bertz CT molecular complexity index is 829. The van der Waals surface area contributed by atoms with Crippen molar-refractivity contribution in [2.75, 3.05) is 17.7 Å². The second-order valence-corrected chi connectivity index (χ2v) is 7.04. The van der Waals surface area contributed by atoms with Crippen molar-refractivity contribution in [3.8, 4) is 5.75 Å². The average Bonchev–Trinajstić information content (AvgIpc) is 3.07. The Hall–Kier alpha value is -2.81. The van der Waals surface area contributed by atoms with Crippen LogP contribution in [0.25, 0.3) is 0 Å². The number of hydrogen-bond donors (Lipinski definition) is 1. The number of sulfonamides is 1. The summed E-state index contributed by atoms with van der Waals surface area (Å²) in [6, 6.07) is 8.71. The molecule has 9 heteroatoms. The number of carbonyl (C=O) groups excluding carboxylic acids is 1. The van der Waals surface area contributed by atoms with Crippen LogP contribution in [-0.4, -0.2) is 39.9 Å². The first-order chi connectivity index (χ1) is 11.8. The van der Waals surface area contributed by atoms with Crippen molar-refractivity contribution < 1.29 is 22.4 Å². The van der Waals surface area contributed by atoms with Gasteiger partial charge in [-0.2, -0.15) is 5.10 Å². The molecule has 0 spiro atoms. The molecule has 0 unspecified atom stereocenters. The number of nitrogens with one attached hydrogen (secondary N) is 1. The molecule has 8 nitrogen and oxygen atoms in total. The average molecular weight is 365 g/mol. The molecule has 0 fully saturated rings. The van der Waals surface area contributed by atoms with Gasteiger partial charge in [-0.1, -0.05) is 0 Å². The van der Waals surface area contributed by atoms with Crippen LogP contribution in [0.5, 0.6) is 5.75 Å². The topological polar surface area (TPSA) is 101 Å². The van der Waals surface area contributed by atoms with E-state index in [4.69, 9.17) is 9.15 Å². The second kappa shape index (κ2) is 7.84. The van der Waals surface area contributed by atoms with E-state index in [2.05, 4.69) is 10.5 Å². The van der Waals surface area contributed by atoms with Crippen molar-refractivity contribution in [1.82, 2.24) is 5.43 Å². The zero-order valence-corrected chi connectivity index (χ0v) is 14.9. The molecule has 25 heavy (non-hydrogen) atoms. The highest BCUT2D eigenvalue weighted by Gasteiger charge is 2.29. The maximum atomic E-state index is 12.3. The van der Waals surface area contributed by atoms with Crippen molar-refractivity contribution in [2.45, 2.75) is 13.0 Å². The largest absolute Gasteiger partial charge is 0.497 e. The van der Waals surface area contributed by atoms with Gasteiger partial charge in [0.15, 0.2) is 0 Å². The number of ether oxygens (including phenoxy) is 1. The fourth-order valence-corrected chi connectivity index (χ4v) is 3.33. The summed E-state index contributed by atoms with van der Waals surface area (Å²) in [5.41, 5.74) is 2.65. The minimum absolute atomic E-state index is 0.348. The highest BCUT2D eigenvalue weighted by molar-refractivity contribution is 7.92. The molecule has 1 aromatic heterocycles. The molecule has 0 aliphatic rings. The molecule has 0 saturated heterocycles. The third-order valence-corrected chi connectivity index (χ3v) is 4.57. The lowest BCUT2D eigenvalue weighted by molar-refractivity contribution is -0.121. The number of amides is 1. The van der Waals surface area contributed by atoms with Crippen LogP contribution in [0.2, 0.25) is 0 Å². The number of benzene rings is 1. The van der Waals surface area contributed by atoms with Crippen molar-refractivity contribution in [3.63, 3.8) is 0 Å². The first-order valence-electron chi connectivity index (χ1n) is 7.33. The Morgan fingerprint density at radius 1 is 1.32 bits per heavy atom. The fourth-order valence-electron chi connectivity index (χ4n) is 2.16. The van der Waals surface area contributed by atoms with Crippen molar-refractivity contribution in [2.24, 2.45) is 5.10 Å². The van der Waals surface area contributed by atoms with E-state index in [1.807, 2.05) is 0 Å². The summed E-state index contributed by atoms with van der Waals surface area (Å²) in [7, 11) is -2.18. The Morgan fingerprint density at radius 2 is 2.00 bits per heavy atom. The van der Waals surface area contributed by atoms with Crippen molar-refractivity contribution in [1.29, 1.82) is 0 Å². The Labute approximate surface area is 146 Å². The Balaban J connectivity index is 2.17. The van der Waals surface area contributed by atoms with Crippen LogP contribution < -0.4 is 14.5 Å². The van der Waals surface area contributed by atoms with Crippen LogP contribution >= 0.6 is 0 Å². The first kappa shape index (κ1) is 18.5. The van der Waals surface area contributed by atoms with E-state index in [9.17, 15) is 13.2 Å². The van der Waals surface area contributed by atoms with Crippen LogP contribution in [0.3, 0.4) is 0 Å². The SMILES string of the molecule is COc1ccc(N([C@H](C)C(=O)N/N=C\c2ccco2)S(C)(=O)=O)cc1. The molecule has 134 valence electrons. The van der Waals surface area contributed by atoms with E-state index in [1.54, 1.807) is 36.4 Å². The maximum absolute atomic E-state index is 12.3. The molecule has 0 bridgehead atoms. The van der Waals surface area contributed by atoms with Gasteiger partial charge in [-0.05, 0) is 43.3 Å². The predicted octanol–water partition coefficient (Wildman–Crippen LogP) is 1.59. The van der Waals surface area contributed by atoms with Gasteiger partial charge in [0, 0.05) is 0 Å². The highest BCUT2D eigenvalue weighted by atomic mass is 32.2. The fraction of sp³-hybridized carbons (Fsp3) is 0.250. The summed E-state index contributed by atoms with van der Waals surface area (Å²) in [6.45, 7) is 1.48. The molecular formula is C16H19N3O5S. The van der Waals surface area contributed by atoms with E-state index >= 15 is 0 Å². The summed E-state index contributed by atoms with van der Waals surface area (Å²) in [4.78, 5) is 12.3. The Morgan fingerprint density at radius 3 is 2.52 bits per heavy atom. The lowest BCUT2D eigenvalue weighted by Gasteiger charge is -2.27. The van der Waals surface area contributed by atoms with Crippen LogP contribution in [0.15, 0.2) is 52.2 Å². The molecular weight excluding hydrogens is 346 g/mol. The number of rotatable bonds is 7. The molecule has 1 atom stereocenters. The van der Waals surface area contributed by atoms with E-state index in [0.29, 0.717) is 17.2 Å². The van der Waals surface area contributed by atoms with Crippen molar-refractivity contribution >= 4 is 27.8 Å². The van der Waals surface area contributed by atoms with Gasteiger partial charge in [0.25, 0.3) is 5.91 Å². The number of carbonyl (C=O) groups is 1. The molecule has 1 amide bonds. The molecule has 1 N–H and O–H groups in total. The summed E-state index contributed by atoms with van der Waals surface area (Å²) < 4.78 is 35.4. The third-order valence-electron chi connectivity index (χ3n) is 3.33. The van der Waals surface area contributed by atoms with Gasteiger partial charge in [-0.15, -0.1) is 0 Å². The lowest BCUT2D eigenvalue weighted by atomic mass is 10.2. The standard InChI is InChI=1S/C16H19N3O5S/c1-12(16(20)18-17-11-15-5-4-10-24-15)19(25(3,21)22)13-6-8-14(23-2)9-7-13/h4-12H,1-3H3,(H,18,20)/b17-11-/t12-/m1/s1. The summed E-state index contributed by atoms with van der Waals surface area (Å²) in [6.07, 6.45) is 3.83. The Kier molecular flexibility index (Phi) is 5.81. The monoisotopic (exact) mass is 365 g/mol. The van der Waals surface area contributed by atoms with E-state index in [-0.39, 0.29) is 0 Å². The van der Waals surface area contributed by atoms with Crippen LogP contribution in [0, 0.1) is 0 Å². The zero-order valence-electron chi connectivity index (χ0n) is 14.0. The lowest BCUT2D eigenvalue weighted by Crippen LogP contribution is -2.46. The number of hydrogen-bond acceptors (Lipinski definition) is 6. The van der Waals surface area contributed by atoms with Crippen LogP contribution in [0.1, 0.15) is 12.7 Å². The number of furan rings is 1. The molecule has 0 aliphatic heterocycles. The van der Waals surface area contributed by atoms with E-state index in [0.717, 1.165) is 10.6 Å². The molecule has 0 radical (unpaired) electrons. The predicted molar refractivity (Wildman–Crippen MR) is 94.2 cm³/mol. The summed E-state index contributed by atoms with van der Waals surface area (Å²) in [5, 5.41) is 3.76. The molecule has 1 heterocycles. The molecule has 2 rings (SSSR count). The second-order valence-electron chi connectivity index (χ2n) is 5.18. The quantitative estimate of drug-likeness (QED) is 0.593. The van der Waals surface area contributed by atoms with Gasteiger partial charge >= 0.3 is 0 Å². The summed E-state index contributed by atoms with van der Waals surface area (Å²) >= 11 is 0. The number of anilines is 1. The molecule has 2 aromatic rings. The number of methoxy groups -OCH3 is 1. The maximum Gasteiger partial charge on any atom is 0.263 e. The summed E-state index contributed by atoms with van der Waals surface area (Å²) in [5.74, 6) is 0.462. The smallest absolute Gasteiger partial charge is 0.263 e.